The average Bonchev–Trinajstić information content (AvgIpc) is 3.33. The lowest BCUT2D eigenvalue weighted by Gasteiger charge is -2.20. The molecule has 24 heavy (non-hydrogen) atoms. The van der Waals surface area contributed by atoms with Crippen molar-refractivity contribution in [2.45, 2.75) is 13.0 Å². The Balaban J connectivity index is 1.83. The zero-order valence-electron chi connectivity index (χ0n) is 12.8. The summed E-state index contributed by atoms with van der Waals surface area (Å²) in [7, 11) is 0. The van der Waals surface area contributed by atoms with Crippen molar-refractivity contribution in [1.82, 2.24) is 0 Å². The van der Waals surface area contributed by atoms with Gasteiger partial charge in [0.25, 0.3) is 0 Å². The maximum Gasteiger partial charge on any atom is 0.201 e. The van der Waals surface area contributed by atoms with Gasteiger partial charge in [-0.2, -0.15) is 0 Å². The molecule has 0 amide bonds. The summed E-state index contributed by atoms with van der Waals surface area (Å²) in [4.78, 5) is 25.4. The molecule has 6 nitrogen and oxygen atoms in total. The van der Waals surface area contributed by atoms with Crippen LogP contribution in [0.3, 0.4) is 0 Å². The number of fused-ring (bicyclic) bond motifs is 2. The highest BCUT2D eigenvalue weighted by molar-refractivity contribution is 6.30. The number of phenols is 2. The molecule has 2 aromatic carbocycles. The number of ether oxygens (including phenoxy) is 2. The van der Waals surface area contributed by atoms with E-state index in [4.69, 9.17) is 9.47 Å². The third-order valence-corrected chi connectivity index (χ3v) is 4.13. The number of hydrogen-bond donors (Lipinski definition) is 2. The maximum absolute atomic E-state index is 12.8. The number of epoxide rings is 1. The van der Waals surface area contributed by atoms with Gasteiger partial charge in [0.2, 0.25) is 5.78 Å². The lowest BCUT2D eigenvalue weighted by molar-refractivity contribution is 0.0973. The van der Waals surface area contributed by atoms with Crippen LogP contribution in [0.4, 0.5) is 0 Å². The molecule has 0 spiro atoms. The van der Waals surface area contributed by atoms with Crippen LogP contribution < -0.4 is 4.74 Å². The first-order valence-electron chi connectivity index (χ1n) is 7.50. The van der Waals surface area contributed by atoms with E-state index in [1.54, 1.807) is 13.0 Å². The zero-order chi connectivity index (χ0) is 17.0. The van der Waals surface area contributed by atoms with Crippen LogP contribution in [0.5, 0.6) is 17.2 Å². The van der Waals surface area contributed by atoms with Crippen molar-refractivity contribution in [3.05, 3.63) is 52.1 Å². The lowest BCUT2D eigenvalue weighted by atomic mass is 9.82. The summed E-state index contributed by atoms with van der Waals surface area (Å²) in [5.74, 6) is -1.32. The third kappa shape index (κ3) is 2.23. The van der Waals surface area contributed by atoms with Crippen LogP contribution in [0.1, 0.15) is 37.4 Å². The Morgan fingerprint density at radius 2 is 1.67 bits per heavy atom. The SMILES string of the molecule is Cc1cc(O)c2c(c1)C(=O)c1cc(OCC3CO3)cc(O)c1C2=O. The van der Waals surface area contributed by atoms with Gasteiger partial charge in [-0.1, -0.05) is 0 Å². The number of carbonyl (C=O) groups is 2. The van der Waals surface area contributed by atoms with Gasteiger partial charge in [-0.05, 0) is 30.7 Å². The van der Waals surface area contributed by atoms with Crippen molar-refractivity contribution in [3.63, 3.8) is 0 Å². The van der Waals surface area contributed by atoms with E-state index in [9.17, 15) is 19.8 Å². The van der Waals surface area contributed by atoms with Crippen molar-refractivity contribution in [1.29, 1.82) is 0 Å². The molecule has 122 valence electrons. The monoisotopic (exact) mass is 326 g/mol. The molecule has 1 atom stereocenters. The summed E-state index contributed by atoms with van der Waals surface area (Å²) in [5, 5.41) is 20.3. The second-order valence-corrected chi connectivity index (χ2v) is 6.00. The number of carbonyl (C=O) groups excluding carboxylic acids is 2. The molecule has 4 rings (SSSR count). The molecule has 0 saturated carbocycles. The number of aryl methyl sites for hydroxylation is 1. The number of hydrogen-bond acceptors (Lipinski definition) is 6. The number of aromatic hydroxyl groups is 2. The van der Waals surface area contributed by atoms with E-state index in [1.165, 1.54) is 18.2 Å². The molecule has 1 saturated heterocycles. The van der Waals surface area contributed by atoms with E-state index in [0.717, 1.165) is 0 Å². The molecule has 1 aliphatic heterocycles. The van der Waals surface area contributed by atoms with Gasteiger partial charge in [0.05, 0.1) is 17.7 Å². The van der Waals surface area contributed by atoms with E-state index >= 15 is 0 Å². The van der Waals surface area contributed by atoms with Crippen molar-refractivity contribution >= 4 is 11.6 Å². The lowest BCUT2D eigenvalue weighted by Crippen LogP contribution is -2.21. The van der Waals surface area contributed by atoms with Gasteiger partial charge >= 0.3 is 0 Å². The van der Waals surface area contributed by atoms with Gasteiger partial charge in [0.1, 0.15) is 30.0 Å². The molecule has 0 bridgehead atoms. The Bertz CT molecular complexity index is 895. The van der Waals surface area contributed by atoms with Gasteiger partial charge in [0.15, 0.2) is 5.78 Å². The summed E-state index contributed by atoms with van der Waals surface area (Å²) in [6.45, 7) is 2.66. The highest BCUT2D eigenvalue weighted by atomic mass is 16.6. The number of phenolic OH excluding ortho intramolecular Hbond substituents is 2. The van der Waals surface area contributed by atoms with Crippen LogP contribution in [0, 0.1) is 6.92 Å². The highest BCUT2D eigenvalue weighted by Crippen LogP contribution is 2.39. The standard InChI is InChI=1S/C18H14O6/c1-8-2-11-15(13(19)3-8)18(22)16-12(17(11)21)4-9(5-14(16)20)23-6-10-7-24-10/h2-5,10,19-20H,6-7H2,1H3. The van der Waals surface area contributed by atoms with Crippen molar-refractivity contribution in [2.75, 3.05) is 13.2 Å². The van der Waals surface area contributed by atoms with Gasteiger partial charge in [-0.15, -0.1) is 0 Å². The number of ketones is 2. The molecule has 0 radical (unpaired) electrons. The predicted octanol–water partition coefficient (Wildman–Crippen LogP) is 1.96. The van der Waals surface area contributed by atoms with Gasteiger partial charge in [-0.25, -0.2) is 0 Å². The third-order valence-electron chi connectivity index (χ3n) is 4.13. The fourth-order valence-electron chi connectivity index (χ4n) is 2.91. The minimum atomic E-state index is -0.577. The quantitative estimate of drug-likeness (QED) is 0.714. The Labute approximate surface area is 137 Å². The molecule has 2 aliphatic rings. The second-order valence-electron chi connectivity index (χ2n) is 6.00. The van der Waals surface area contributed by atoms with Crippen molar-refractivity contribution in [3.8, 4) is 17.2 Å². The summed E-state index contributed by atoms with van der Waals surface area (Å²) in [5.41, 5.74) is 0.685. The fraction of sp³-hybridized carbons (Fsp3) is 0.222. The Kier molecular flexibility index (Phi) is 3.11. The second kappa shape index (κ2) is 5.07. The van der Waals surface area contributed by atoms with Crippen molar-refractivity contribution < 1.29 is 29.3 Å². The summed E-state index contributed by atoms with van der Waals surface area (Å²) in [6, 6.07) is 5.71. The first-order chi connectivity index (χ1) is 11.5. The fourth-order valence-corrected chi connectivity index (χ4v) is 2.91. The largest absolute Gasteiger partial charge is 0.507 e. The van der Waals surface area contributed by atoms with E-state index in [-0.39, 0.29) is 39.9 Å². The maximum atomic E-state index is 12.8. The molecule has 1 heterocycles. The molecular weight excluding hydrogens is 312 g/mol. The van der Waals surface area contributed by atoms with Gasteiger partial charge in [-0.3, -0.25) is 9.59 Å². The number of rotatable bonds is 3. The van der Waals surface area contributed by atoms with E-state index < -0.39 is 11.6 Å². The molecule has 0 aromatic heterocycles. The van der Waals surface area contributed by atoms with Crippen LogP contribution in [0.25, 0.3) is 0 Å². The zero-order valence-corrected chi connectivity index (χ0v) is 12.8. The highest BCUT2D eigenvalue weighted by Gasteiger charge is 2.35. The summed E-state index contributed by atoms with van der Waals surface area (Å²) < 4.78 is 10.5. The van der Waals surface area contributed by atoms with E-state index in [1.807, 2.05) is 0 Å². The van der Waals surface area contributed by atoms with Gasteiger partial charge < -0.3 is 19.7 Å². The first kappa shape index (κ1) is 14.7. The summed E-state index contributed by atoms with van der Waals surface area (Å²) in [6.07, 6.45) is 0.0285. The Hall–Kier alpha value is -2.86. The van der Waals surface area contributed by atoms with Gasteiger partial charge in [0, 0.05) is 17.2 Å². The minimum Gasteiger partial charge on any atom is -0.507 e. The van der Waals surface area contributed by atoms with Crippen LogP contribution >= 0.6 is 0 Å². The predicted molar refractivity (Wildman–Crippen MR) is 83.1 cm³/mol. The van der Waals surface area contributed by atoms with Crippen LogP contribution in [0.15, 0.2) is 24.3 Å². The molecule has 2 N–H and O–H groups in total. The van der Waals surface area contributed by atoms with Crippen LogP contribution in [-0.2, 0) is 4.74 Å². The van der Waals surface area contributed by atoms with E-state index in [2.05, 4.69) is 0 Å². The topological polar surface area (TPSA) is 96.4 Å². The first-order valence-corrected chi connectivity index (χ1v) is 7.50. The van der Waals surface area contributed by atoms with Crippen molar-refractivity contribution in [2.24, 2.45) is 0 Å². The molecule has 1 fully saturated rings. The molecule has 6 heteroatoms. The normalized spacial score (nSPS) is 18.1. The molecule has 2 aromatic rings. The molecule has 1 aliphatic carbocycles. The van der Waals surface area contributed by atoms with Crippen LogP contribution in [0.2, 0.25) is 0 Å². The minimum absolute atomic E-state index is 0.0285. The Morgan fingerprint density at radius 3 is 2.33 bits per heavy atom. The molecular formula is C18H14O6. The smallest absolute Gasteiger partial charge is 0.201 e. The Morgan fingerprint density at radius 1 is 1.04 bits per heavy atom. The molecule has 1 unspecified atom stereocenters. The summed E-state index contributed by atoms with van der Waals surface area (Å²) >= 11 is 0. The average molecular weight is 326 g/mol. The van der Waals surface area contributed by atoms with E-state index in [0.29, 0.717) is 24.5 Å². The number of benzene rings is 2. The van der Waals surface area contributed by atoms with Crippen LogP contribution in [-0.4, -0.2) is 41.1 Å².